The minimum absolute atomic E-state index is 0.132. The Labute approximate surface area is 198 Å². The Hall–Kier alpha value is -3.91. The molecule has 2 N–H and O–H groups in total. The first-order valence-electron chi connectivity index (χ1n) is 11.3. The van der Waals surface area contributed by atoms with Crippen molar-refractivity contribution in [3.63, 3.8) is 0 Å². The zero-order chi connectivity index (χ0) is 23.9. The van der Waals surface area contributed by atoms with Crippen molar-refractivity contribution in [3.8, 4) is 0 Å². The molecular formula is C26H28N4O4. The van der Waals surface area contributed by atoms with Gasteiger partial charge < -0.3 is 20.0 Å². The van der Waals surface area contributed by atoms with Gasteiger partial charge in [-0.2, -0.15) is 0 Å². The maximum Gasteiger partial charge on any atom is 0.289 e. The van der Waals surface area contributed by atoms with Crippen LogP contribution in [0.25, 0.3) is 0 Å². The number of anilines is 1. The minimum Gasteiger partial charge on any atom is -0.456 e. The highest BCUT2D eigenvalue weighted by Gasteiger charge is 2.25. The minimum atomic E-state index is -0.250. The summed E-state index contributed by atoms with van der Waals surface area (Å²) >= 11 is 0. The SMILES string of the molecule is Cc1ccc(C(=O)N2CCN(CC(=O)Nc3ccccc3C(=O)NCc3ccccc3)CC2)o1. The molecule has 0 bridgehead atoms. The van der Waals surface area contributed by atoms with Crippen LogP contribution in [0, 0.1) is 6.92 Å². The molecule has 3 amide bonds. The van der Waals surface area contributed by atoms with Gasteiger partial charge in [0.2, 0.25) is 5.91 Å². The molecule has 4 rings (SSSR count). The normalized spacial score (nSPS) is 14.0. The van der Waals surface area contributed by atoms with E-state index >= 15 is 0 Å². The first-order chi connectivity index (χ1) is 16.5. The van der Waals surface area contributed by atoms with Crippen LogP contribution in [-0.4, -0.2) is 60.2 Å². The number of furan rings is 1. The third-order valence-electron chi connectivity index (χ3n) is 5.72. The molecule has 1 aliphatic rings. The van der Waals surface area contributed by atoms with Crippen molar-refractivity contribution >= 4 is 23.4 Å². The number of piperazine rings is 1. The van der Waals surface area contributed by atoms with Crippen molar-refractivity contribution in [1.29, 1.82) is 0 Å². The molecule has 0 aliphatic carbocycles. The Morgan fingerprint density at radius 2 is 1.59 bits per heavy atom. The Morgan fingerprint density at radius 3 is 2.29 bits per heavy atom. The number of nitrogens with one attached hydrogen (secondary N) is 2. The van der Waals surface area contributed by atoms with Gasteiger partial charge in [-0.25, -0.2) is 0 Å². The summed E-state index contributed by atoms with van der Waals surface area (Å²) in [6.45, 7) is 4.59. The monoisotopic (exact) mass is 460 g/mol. The summed E-state index contributed by atoms with van der Waals surface area (Å²) in [6.07, 6.45) is 0. The van der Waals surface area contributed by atoms with Crippen LogP contribution in [0.3, 0.4) is 0 Å². The van der Waals surface area contributed by atoms with Gasteiger partial charge in [0.15, 0.2) is 5.76 Å². The predicted molar refractivity (Wildman–Crippen MR) is 128 cm³/mol. The highest BCUT2D eigenvalue weighted by Crippen LogP contribution is 2.16. The smallest absolute Gasteiger partial charge is 0.289 e. The summed E-state index contributed by atoms with van der Waals surface area (Å²) in [4.78, 5) is 41.7. The van der Waals surface area contributed by atoms with Gasteiger partial charge in [-0.1, -0.05) is 42.5 Å². The van der Waals surface area contributed by atoms with E-state index < -0.39 is 0 Å². The maximum atomic E-state index is 12.7. The fourth-order valence-corrected chi connectivity index (χ4v) is 3.87. The molecule has 8 nitrogen and oxygen atoms in total. The van der Waals surface area contributed by atoms with E-state index in [1.165, 1.54) is 0 Å². The van der Waals surface area contributed by atoms with Crippen molar-refractivity contribution in [2.45, 2.75) is 13.5 Å². The Kier molecular flexibility index (Phi) is 7.39. The quantitative estimate of drug-likeness (QED) is 0.565. The lowest BCUT2D eigenvalue weighted by atomic mass is 10.1. The van der Waals surface area contributed by atoms with E-state index in [1.54, 1.807) is 48.2 Å². The molecule has 1 fully saturated rings. The summed E-state index contributed by atoms with van der Waals surface area (Å²) in [5, 5.41) is 5.76. The van der Waals surface area contributed by atoms with Gasteiger partial charge in [0.25, 0.3) is 11.8 Å². The molecule has 34 heavy (non-hydrogen) atoms. The van der Waals surface area contributed by atoms with Gasteiger partial charge in [-0.05, 0) is 36.8 Å². The number of nitrogens with zero attached hydrogens (tertiary/aromatic N) is 2. The molecule has 3 aromatic rings. The summed E-state index contributed by atoms with van der Waals surface area (Å²) in [7, 11) is 0. The molecule has 0 saturated carbocycles. The van der Waals surface area contributed by atoms with Crippen LogP contribution >= 0.6 is 0 Å². The average Bonchev–Trinajstić information content (AvgIpc) is 3.30. The van der Waals surface area contributed by atoms with Crippen molar-refractivity contribution in [3.05, 3.63) is 89.4 Å². The van der Waals surface area contributed by atoms with Gasteiger partial charge in [0.05, 0.1) is 17.8 Å². The number of amides is 3. The summed E-state index contributed by atoms with van der Waals surface area (Å²) in [5.41, 5.74) is 1.88. The number of carbonyl (C=O) groups excluding carboxylic acids is 3. The molecule has 1 aliphatic heterocycles. The van der Waals surface area contributed by atoms with E-state index in [-0.39, 0.29) is 24.3 Å². The molecule has 1 aromatic heterocycles. The number of benzene rings is 2. The zero-order valence-corrected chi connectivity index (χ0v) is 19.1. The van der Waals surface area contributed by atoms with E-state index in [0.29, 0.717) is 55.5 Å². The number of aryl methyl sites for hydroxylation is 1. The third kappa shape index (κ3) is 5.90. The molecule has 0 radical (unpaired) electrons. The second-order valence-corrected chi connectivity index (χ2v) is 8.24. The van der Waals surface area contributed by atoms with Gasteiger partial charge in [-0.3, -0.25) is 19.3 Å². The zero-order valence-electron chi connectivity index (χ0n) is 19.1. The van der Waals surface area contributed by atoms with Crippen LogP contribution in [0.4, 0.5) is 5.69 Å². The second kappa shape index (κ2) is 10.8. The molecule has 1 saturated heterocycles. The van der Waals surface area contributed by atoms with Gasteiger partial charge in [-0.15, -0.1) is 0 Å². The molecule has 176 valence electrons. The molecular weight excluding hydrogens is 432 g/mol. The lowest BCUT2D eigenvalue weighted by Gasteiger charge is -2.33. The largest absolute Gasteiger partial charge is 0.456 e. The van der Waals surface area contributed by atoms with E-state index in [1.807, 2.05) is 35.2 Å². The Bertz CT molecular complexity index is 1150. The third-order valence-corrected chi connectivity index (χ3v) is 5.72. The molecule has 0 spiro atoms. The van der Waals surface area contributed by atoms with E-state index in [9.17, 15) is 14.4 Å². The molecule has 8 heteroatoms. The topological polar surface area (TPSA) is 94.9 Å². The lowest BCUT2D eigenvalue weighted by Crippen LogP contribution is -2.50. The van der Waals surface area contributed by atoms with E-state index in [4.69, 9.17) is 4.42 Å². The Balaban J connectivity index is 1.28. The van der Waals surface area contributed by atoms with Gasteiger partial charge in [0, 0.05) is 32.7 Å². The highest BCUT2D eigenvalue weighted by atomic mass is 16.3. The maximum absolute atomic E-state index is 12.7. The first kappa shape index (κ1) is 23.3. The highest BCUT2D eigenvalue weighted by molar-refractivity contribution is 6.04. The molecule has 0 unspecified atom stereocenters. The average molecular weight is 461 g/mol. The number of carbonyl (C=O) groups is 3. The van der Waals surface area contributed by atoms with Crippen LogP contribution in [0.5, 0.6) is 0 Å². The summed E-state index contributed by atoms with van der Waals surface area (Å²) < 4.78 is 5.43. The summed E-state index contributed by atoms with van der Waals surface area (Å²) in [6, 6.07) is 20.1. The van der Waals surface area contributed by atoms with Crippen molar-refractivity contribution in [2.24, 2.45) is 0 Å². The fourth-order valence-electron chi connectivity index (χ4n) is 3.87. The van der Waals surface area contributed by atoms with Crippen molar-refractivity contribution in [1.82, 2.24) is 15.1 Å². The standard InChI is InChI=1S/C26H28N4O4/c1-19-11-12-23(34-19)26(33)30-15-13-29(14-16-30)18-24(31)28-22-10-6-5-9-21(22)25(32)27-17-20-7-3-2-4-8-20/h2-12H,13-18H2,1H3,(H,27,32)(H,28,31). The van der Waals surface area contributed by atoms with E-state index in [2.05, 4.69) is 10.6 Å². The van der Waals surface area contributed by atoms with Crippen molar-refractivity contribution in [2.75, 3.05) is 38.0 Å². The van der Waals surface area contributed by atoms with Gasteiger partial charge >= 0.3 is 0 Å². The van der Waals surface area contributed by atoms with Crippen molar-refractivity contribution < 1.29 is 18.8 Å². The van der Waals surface area contributed by atoms with E-state index in [0.717, 1.165) is 5.56 Å². The molecule has 2 aromatic carbocycles. The Morgan fingerprint density at radius 1 is 0.882 bits per heavy atom. The number of hydrogen-bond donors (Lipinski definition) is 2. The predicted octanol–water partition coefficient (Wildman–Crippen LogP) is 2.91. The van der Waals surface area contributed by atoms with Crippen LogP contribution in [0.1, 0.15) is 32.2 Å². The van der Waals surface area contributed by atoms with Crippen LogP contribution in [0.2, 0.25) is 0 Å². The second-order valence-electron chi connectivity index (χ2n) is 8.24. The molecule has 0 atom stereocenters. The fraction of sp³-hybridized carbons (Fsp3) is 0.269. The summed E-state index contributed by atoms with van der Waals surface area (Å²) in [5.74, 6) is 0.455. The lowest BCUT2D eigenvalue weighted by molar-refractivity contribution is -0.117. The van der Waals surface area contributed by atoms with Crippen LogP contribution in [-0.2, 0) is 11.3 Å². The molecule has 2 heterocycles. The van der Waals surface area contributed by atoms with Crippen LogP contribution < -0.4 is 10.6 Å². The van der Waals surface area contributed by atoms with Crippen LogP contribution in [0.15, 0.2) is 71.1 Å². The number of para-hydroxylation sites is 1. The number of hydrogen-bond acceptors (Lipinski definition) is 5. The number of rotatable bonds is 7. The first-order valence-corrected chi connectivity index (χ1v) is 11.3. The van der Waals surface area contributed by atoms with Gasteiger partial charge in [0.1, 0.15) is 5.76 Å².